The smallest absolute Gasteiger partial charge is 0.262 e. The zero-order valence-electron chi connectivity index (χ0n) is 18.5. The molecule has 0 aromatic heterocycles. The summed E-state index contributed by atoms with van der Waals surface area (Å²) in [5.41, 5.74) is 5.40. The lowest BCUT2D eigenvalue weighted by Crippen LogP contribution is -2.26. The first kappa shape index (κ1) is 21.9. The first-order valence-corrected chi connectivity index (χ1v) is 11.2. The van der Waals surface area contributed by atoms with E-state index in [4.69, 9.17) is 16.3 Å². The van der Waals surface area contributed by atoms with E-state index in [0.29, 0.717) is 17.2 Å². The molecule has 0 spiro atoms. The van der Waals surface area contributed by atoms with Gasteiger partial charge in [0.25, 0.3) is 5.91 Å². The number of para-hydroxylation sites is 1. The highest BCUT2D eigenvalue weighted by molar-refractivity contribution is 6.30. The molecule has 1 aliphatic rings. The third-order valence-electron chi connectivity index (χ3n) is 5.44. The number of ether oxygens (including phenoxy) is 1. The molecule has 4 heteroatoms. The van der Waals surface area contributed by atoms with Gasteiger partial charge in [0.15, 0.2) is 0 Å². The molecule has 0 saturated heterocycles. The summed E-state index contributed by atoms with van der Waals surface area (Å²) in [5.74, 6) is 1.05. The van der Waals surface area contributed by atoms with E-state index in [9.17, 15) is 4.79 Å². The van der Waals surface area contributed by atoms with Crippen LogP contribution in [-0.2, 0) is 4.79 Å². The number of rotatable bonds is 6. The molecule has 0 bridgehead atoms. The second kappa shape index (κ2) is 9.46. The number of benzene rings is 3. The van der Waals surface area contributed by atoms with Gasteiger partial charge in [-0.15, -0.1) is 0 Å². The third kappa shape index (κ3) is 4.49. The molecule has 0 unspecified atom stereocenters. The maximum Gasteiger partial charge on any atom is 0.262 e. The summed E-state index contributed by atoms with van der Waals surface area (Å²) in [6, 6.07) is 23.5. The van der Waals surface area contributed by atoms with Gasteiger partial charge in [-0.05, 0) is 72.0 Å². The van der Waals surface area contributed by atoms with E-state index in [1.807, 2.05) is 90.7 Å². The highest BCUT2D eigenvalue weighted by atomic mass is 35.5. The normalized spacial score (nSPS) is 14.9. The Morgan fingerprint density at radius 1 is 0.969 bits per heavy atom. The second-order valence-corrected chi connectivity index (χ2v) is 8.43. The number of hydrogen-bond donors (Lipinski definition) is 0. The van der Waals surface area contributed by atoms with Crippen molar-refractivity contribution in [1.29, 1.82) is 0 Å². The molecular weight excluding hydrogens is 418 g/mol. The van der Waals surface area contributed by atoms with Crippen LogP contribution in [0.1, 0.15) is 43.4 Å². The zero-order valence-corrected chi connectivity index (χ0v) is 19.3. The summed E-state index contributed by atoms with van der Waals surface area (Å²) >= 11 is 6.12. The van der Waals surface area contributed by atoms with Gasteiger partial charge >= 0.3 is 0 Å². The van der Waals surface area contributed by atoms with E-state index in [1.165, 1.54) is 0 Å². The molecule has 162 valence electrons. The lowest BCUT2D eigenvalue weighted by atomic mass is 10.00. The van der Waals surface area contributed by atoms with Crippen LogP contribution in [0.2, 0.25) is 5.02 Å². The van der Waals surface area contributed by atoms with Crippen molar-refractivity contribution in [3.05, 3.63) is 106 Å². The van der Waals surface area contributed by atoms with Gasteiger partial charge in [0.1, 0.15) is 5.75 Å². The number of carbonyl (C=O) groups is 1. The number of nitrogens with zero attached hydrogens (tertiary/aromatic N) is 1. The lowest BCUT2D eigenvalue weighted by Gasteiger charge is -2.25. The minimum absolute atomic E-state index is 0.0445. The molecular formula is C28H26ClNO2. The fourth-order valence-electron chi connectivity index (χ4n) is 3.87. The molecule has 0 radical (unpaired) electrons. The molecule has 3 aromatic rings. The van der Waals surface area contributed by atoms with Gasteiger partial charge < -0.3 is 4.74 Å². The van der Waals surface area contributed by atoms with Crippen LogP contribution in [0.25, 0.3) is 11.8 Å². The highest BCUT2D eigenvalue weighted by Crippen LogP contribution is 2.39. The SMILES string of the molecule is CCOc1ccc(/C=C2\C=C(c3ccc(Cl)cc3)N(c3ccccc3C(C)C)C2=O)cc1. The minimum atomic E-state index is -0.0445. The second-order valence-electron chi connectivity index (χ2n) is 7.99. The third-order valence-corrected chi connectivity index (χ3v) is 5.69. The van der Waals surface area contributed by atoms with Crippen LogP contribution in [0, 0.1) is 0 Å². The summed E-state index contributed by atoms with van der Waals surface area (Å²) < 4.78 is 5.53. The predicted octanol–water partition coefficient (Wildman–Crippen LogP) is 7.33. The number of halogens is 1. The van der Waals surface area contributed by atoms with Crippen LogP contribution >= 0.6 is 11.6 Å². The average molecular weight is 444 g/mol. The maximum absolute atomic E-state index is 13.7. The van der Waals surface area contributed by atoms with Gasteiger partial charge in [-0.3, -0.25) is 9.69 Å². The minimum Gasteiger partial charge on any atom is -0.494 e. The van der Waals surface area contributed by atoms with Crippen molar-refractivity contribution < 1.29 is 9.53 Å². The van der Waals surface area contributed by atoms with E-state index >= 15 is 0 Å². The van der Waals surface area contributed by atoms with Crippen molar-refractivity contribution in [2.45, 2.75) is 26.7 Å². The van der Waals surface area contributed by atoms with Crippen LogP contribution in [0.5, 0.6) is 5.75 Å². The molecule has 0 saturated carbocycles. The number of hydrogen-bond acceptors (Lipinski definition) is 2. The summed E-state index contributed by atoms with van der Waals surface area (Å²) in [7, 11) is 0. The number of anilines is 1. The highest BCUT2D eigenvalue weighted by Gasteiger charge is 2.32. The van der Waals surface area contributed by atoms with Crippen molar-refractivity contribution in [2.75, 3.05) is 11.5 Å². The van der Waals surface area contributed by atoms with Crippen LogP contribution in [-0.4, -0.2) is 12.5 Å². The molecule has 3 nitrogen and oxygen atoms in total. The monoisotopic (exact) mass is 443 g/mol. The molecule has 4 rings (SSSR count). The average Bonchev–Trinajstić information content (AvgIpc) is 3.11. The Morgan fingerprint density at radius 2 is 1.66 bits per heavy atom. The van der Waals surface area contributed by atoms with E-state index in [1.54, 1.807) is 0 Å². The Kier molecular flexibility index (Phi) is 6.48. The van der Waals surface area contributed by atoms with Gasteiger partial charge in [0.2, 0.25) is 0 Å². The van der Waals surface area contributed by atoms with Crippen molar-refractivity contribution in [3.63, 3.8) is 0 Å². The topological polar surface area (TPSA) is 29.5 Å². The Bertz CT molecular complexity index is 1170. The standard InChI is InChI=1S/C28H26ClNO2/c1-4-32-24-15-9-20(10-16-24)17-22-18-27(21-11-13-23(29)14-12-21)30(28(22)31)26-8-6-5-7-25(26)19(2)3/h5-19H,4H2,1-3H3/b22-17+. The summed E-state index contributed by atoms with van der Waals surface area (Å²) in [5, 5.41) is 0.665. The van der Waals surface area contributed by atoms with Gasteiger partial charge in [-0.25, -0.2) is 0 Å². The zero-order chi connectivity index (χ0) is 22.7. The van der Waals surface area contributed by atoms with Crippen LogP contribution in [0.3, 0.4) is 0 Å². The van der Waals surface area contributed by atoms with Crippen LogP contribution < -0.4 is 9.64 Å². The first-order valence-electron chi connectivity index (χ1n) is 10.8. The molecule has 0 aliphatic carbocycles. The van der Waals surface area contributed by atoms with Crippen molar-refractivity contribution >= 4 is 35.0 Å². The van der Waals surface area contributed by atoms with E-state index < -0.39 is 0 Å². The van der Waals surface area contributed by atoms with E-state index in [0.717, 1.165) is 33.8 Å². The Balaban J connectivity index is 1.80. The largest absolute Gasteiger partial charge is 0.494 e. The maximum atomic E-state index is 13.7. The van der Waals surface area contributed by atoms with Gasteiger partial charge in [-0.2, -0.15) is 0 Å². The van der Waals surface area contributed by atoms with Crippen molar-refractivity contribution in [1.82, 2.24) is 0 Å². The van der Waals surface area contributed by atoms with E-state index in [2.05, 4.69) is 19.9 Å². The molecule has 1 aliphatic heterocycles. The Morgan fingerprint density at radius 3 is 2.31 bits per heavy atom. The fraction of sp³-hybridized carbons (Fsp3) is 0.179. The van der Waals surface area contributed by atoms with Crippen LogP contribution in [0.15, 0.2) is 84.4 Å². The molecule has 0 N–H and O–H groups in total. The fourth-order valence-corrected chi connectivity index (χ4v) is 4.00. The molecule has 0 fully saturated rings. The molecule has 1 amide bonds. The molecule has 0 atom stereocenters. The van der Waals surface area contributed by atoms with Gasteiger partial charge in [-0.1, -0.05) is 67.9 Å². The molecule has 1 heterocycles. The summed E-state index contributed by atoms with van der Waals surface area (Å²) in [6.07, 6.45) is 3.88. The molecule has 32 heavy (non-hydrogen) atoms. The van der Waals surface area contributed by atoms with Crippen molar-refractivity contribution in [3.8, 4) is 5.75 Å². The number of carbonyl (C=O) groups excluding carboxylic acids is 1. The van der Waals surface area contributed by atoms with Gasteiger partial charge in [0.05, 0.1) is 18.0 Å². The van der Waals surface area contributed by atoms with E-state index in [-0.39, 0.29) is 11.8 Å². The quantitative estimate of drug-likeness (QED) is 0.373. The summed E-state index contributed by atoms with van der Waals surface area (Å²) in [6.45, 7) is 6.86. The lowest BCUT2D eigenvalue weighted by molar-refractivity contribution is -0.113. The summed E-state index contributed by atoms with van der Waals surface area (Å²) in [4.78, 5) is 15.5. The van der Waals surface area contributed by atoms with Gasteiger partial charge in [0, 0.05) is 10.6 Å². The van der Waals surface area contributed by atoms with Crippen molar-refractivity contribution in [2.24, 2.45) is 0 Å². The first-order chi connectivity index (χ1) is 15.5. The van der Waals surface area contributed by atoms with Crippen LogP contribution in [0.4, 0.5) is 5.69 Å². The molecule has 3 aromatic carbocycles. The Labute approximate surface area is 194 Å². The predicted molar refractivity (Wildman–Crippen MR) is 133 cm³/mol. The number of amides is 1. The Hall–Kier alpha value is -3.30.